The van der Waals surface area contributed by atoms with Gasteiger partial charge >= 0.3 is 5.97 Å². The lowest BCUT2D eigenvalue weighted by atomic mass is 10.1. The highest BCUT2D eigenvalue weighted by molar-refractivity contribution is 7.93. The van der Waals surface area contributed by atoms with Gasteiger partial charge in [0.25, 0.3) is 10.0 Å². The van der Waals surface area contributed by atoms with Crippen molar-refractivity contribution in [3.8, 4) is 0 Å². The van der Waals surface area contributed by atoms with Gasteiger partial charge in [0.05, 0.1) is 10.4 Å². The van der Waals surface area contributed by atoms with Gasteiger partial charge in [0.1, 0.15) is 17.4 Å². The molecule has 0 amide bonds. The maximum Gasteiger partial charge on any atom is 0.357 e. The van der Waals surface area contributed by atoms with Crippen LogP contribution < -0.4 is 21.5 Å². The van der Waals surface area contributed by atoms with Gasteiger partial charge in [0.15, 0.2) is 17.4 Å². The maximum atomic E-state index is 14.4. The number of rotatable bonds is 10. The third kappa shape index (κ3) is 6.20. The van der Waals surface area contributed by atoms with E-state index in [9.17, 15) is 22.4 Å². The average molecular weight is 458 g/mol. The lowest BCUT2D eigenvalue weighted by Crippen LogP contribution is -2.35. The van der Waals surface area contributed by atoms with Crippen molar-refractivity contribution in [2.75, 3.05) is 24.4 Å². The Morgan fingerprint density at radius 1 is 1.33 bits per heavy atom. The molecule has 30 heavy (non-hydrogen) atoms. The number of carboxylic acid groups (broad SMARTS) is 1. The lowest BCUT2D eigenvalue weighted by molar-refractivity contribution is -0.117. The van der Waals surface area contributed by atoms with Crippen molar-refractivity contribution in [1.82, 2.24) is 10.3 Å². The number of aliphatic imine (C=N–C) groups is 1. The van der Waals surface area contributed by atoms with Crippen LogP contribution in [0.1, 0.15) is 16.1 Å². The molecule has 0 unspecified atom stereocenters. The van der Waals surface area contributed by atoms with Crippen LogP contribution in [0.5, 0.6) is 0 Å². The predicted octanol–water partition coefficient (Wildman–Crippen LogP) is -0.244. The summed E-state index contributed by atoms with van der Waals surface area (Å²) < 4.78 is 41.3. The number of carbonyl (C=O) groups is 2. The molecule has 0 fully saturated rings. The van der Waals surface area contributed by atoms with Crippen LogP contribution in [-0.4, -0.2) is 55.9 Å². The summed E-state index contributed by atoms with van der Waals surface area (Å²) in [5.41, 5.74) is 11.5. The Labute approximate surface area is 175 Å². The Balaban J connectivity index is 2.09. The van der Waals surface area contributed by atoms with E-state index >= 15 is 0 Å². The molecule has 0 spiro atoms. The molecule has 14 heteroatoms. The zero-order valence-electron chi connectivity index (χ0n) is 15.5. The van der Waals surface area contributed by atoms with Crippen molar-refractivity contribution in [3.63, 3.8) is 0 Å². The topological polar surface area (TPSA) is 190 Å². The molecule has 2 rings (SSSR count). The number of nitrogens with zero attached hydrogens (tertiary/aromatic N) is 2. The largest absolute Gasteiger partial charge is 0.476 e. The number of ketones is 1. The molecular weight excluding hydrogens is 439 g/mol. The van der Waals surface area contributed by atoms with Gasteiger partial charge in [-0.2, -0.15) is 0 Å². The van der Waals surface area contributed by atoms with Crippen molar-refractivity contribution in [3.05, 3.63) is 40.8 Å². The van der Waals surface area contributed by atoms with E-state index in [1.807, 2.05) is 0 Å². The first-order chi connectivity index (χ1) is 14.1. The van der Waals surface area contributed by atoms with Crippen molar-refractivity contribution in [2.24, 2.45) is 16.5 Å². The van der Waals surface area contributed by atoms with E-state index in [0.717, 1.165) is 35.0 Å². The number of aromatic nitrogens is 1. The molecule has 1 aromatic heterocycles. The molecule has 0 aliphatic heterocycles. The van der Waals surface area contributed by atoms with Crippen molar-refractivity contribution in [2.45, 2.75) is 11.3 Å². The number of aromatic carboxylic acids is 1. The molecule has 0 atom stereocenters. The van der Waals surface area contributed by atoms with Crippen LogP contribution in [0.3, 0.4) is 0 Å². The molecule has 0 radical (unpaired) electrons. The monoisotopic (exact) mass is 458 g/mol. The number of halogens is 1. The van der Waals surface area contributed by atoms with E-state index in [2.05, 4.69) is 20.0 Å². The molecule has 1 aromatic carbocycles. The van der Waals surface area contributed by atoms with Gasteiger partial charge < -0.3 is 21.9 Å². The number of anilines is 1. The first-order valence-electron chi connectivity index (χ1n) is 8.37. The summed E-state index contributed by atoms with van der Waals surface area (Å²) in [6.45, 7) is 0.436. The molecule has 2 aromatic rings. The molecule has 11 nitrogen and oxygen atoms in total. The quantitative estimate of drug-likeness (QED) is 0.236. The zero-order chi connectivity index (χ0) is 22.3. The summed E-state index contributed by atoms with van der Waals surface area (Å²) in [7, 11) is -4.26. The predicted molar refractivity (Wildman–Crippen MR) is 109 cm³/mol. The molecule has 1 heterocycles. The number of Topliss-reactive ketones (excluding diaryl/α,β-unsaturated/α-hetero) is 1. The maximum absolute atomic E-state index is 14.4. The lowest BCUT2D eigenvalue weighted by Gasteiger charge is -2.09. The minimum atomic E-state index is -4.26. The van der Waals surface area contributed by atoms with Crippen LogP contribution in [0.15, 0.2) is 33.6 Å². The minimum Gasteiger partial charge on any atom is -0.476 e. The van der Waals surface area contributed by atoms with E-state index in [1.54, 1.807) is 0 Å². The first kappa shape index (κ1) is 23.2. The third-order valence-electron chi connectivity index (χ3n) is 3.60. The number of guanidine groups is 1. The molecule has 0 aliphatic carbocycles. The number of nitrogens with two attached hydrogens (primary N) is 2. The Bertz CT molecular complexity index is 1070. The number of benzene rings is 1. The van der Waals surface area contributed by atoms with Gasteiger partial charge in [0.2, 0.25) is 0 Å². The van der Waals surface area contributed by atoms with Crippen molar-refractivity contribution in [1.29, 1.82) is 0 Å². The Morgan fingerprint density at radius 3 is 2.70 bits per heavy atom. The summed E-state index contributed by atoms with van der Waals surface area (Å²) in [4.78, 5) is 29.9. The standard InChI is InChI=1S/C16H19FN6O5S2/c17-12-6-11(30(27,28)23-14-13(15(25)26)22-8-29-14)2-1-9(12)5-10(24)7-21-16(19)20-4-3-18/h1-2,6,8,23H,3-5,7,18H2,(H,25,26)(H3,19,20,21). The van der Waals surface area contributed by atoms with Crippen LogP contribution >= 0.6 is 11.3 Å². The van der Waals surface area contributed by atoms with Crippen molar-refractivity contribution < 1.29 is 27.5 Å². The van der Waals surface area contributed by atoms with E-state index in [-0.39, 0.29) is 29.5 Å². The summed E-state index contributed by atoms with van der Waals surface area (Å²) >= 11 is 0.772. The summed E-state index contributed by atoms with van der Waals surface area (Å²) in [5, 5.41) is 11.5. The van der Waals surface area contributed by atoms with Crippen LogP contribution in [0.25, 0.3) is 0 Å². The Kier molecular flexibility index (Phi) is 7.79. The van der Waals surface area contributed by atoms with Crippen LogP contribution in [0.2, 0.25) is 0 Å². The Morgan fingerprint density at radius 2 is 2.07 bits per heavy atom. The molecule has 0 bridgehead atoms. The average Bonchev–Trinajstić information content (AvgIpc) is 3.13. The molecular formula is C16H19FN6O5S2. The second-order valence-electron chi connectivity index (χ2n) is 5.83. The summed E-state index contributed by atoms with van der Waals surface area (Å²) in [5.74, 6) is -2.72. The fourth-order valence-electron chi connectivity index (χ4n) is 2.19. The summed E-state index contributed by atoms with van der Waals surface area (Å²) in [6.07, 6.45) is -0.314. The van der Waals surface area contributed by atoms with Gasteiger partial charge in [-0.3, -0.25) is 9.52 Å². The van der Waals surface area contributed by atoms with Crippen LogP contribution in [-0.2, 0) is 21.2 Å². The molecule has 162 valence electrons. The fourth-order valence-corrected chi connectivity index (χ4v) is 4.19. The van der Waals surface area contributed by atoms with Gasteiger partial charge in [0, 0.05) is 19.5 Å². The van der Waals surface area contributed by atoms with Gasteiger partial charge in [-0.15, -0.1) is 11.3 Å². The second-order valence-corrected chi connectivity index (χ2v) is 8.36. The molecule has 0 saturated carbocycles. The Hall–Kier alpha value is -3.10. The summed E-state index contributed by atoms with van der Waals surface area (Å²) in [6, 6.07) is 3.01. The highest BCUT2D eigenvalue weighted by atomic mass is 32.2. The number of hydrogen-bond acceptors (Lipinski definition) is 8. The van der Waals surface area contributed by atoms with Crippen molar-refractivity contribution >= 4 is 44.1 Å². The van der Waals surface area contributed by atoms with Gasteiger partial charge in [-0.05, 0) is 17.7 Å². The van der Waals surface area contributed by atoms with E-state index in [4.69, 9.17) is 16.6 Å². The highest BCUT2D eigenvalue weighted by Crippen LogP contribution is 2.25. The van der Waals surface area contributed by atoms with E-state index in [0.29, 0.717) is 13.1 Å². The van der Waals surface area contributed by atoms with Gasteiger partial charge in [-0.25, -0.2) is 27.6 Å². The number of thiazole rings is 1. The zero-order valence-corrected chi connectivity index (χ0v) is 17.1. The van der Waals surface area contributed by atoms with E-state index < -0.39 is 38.2 Å². The smallest absolute Gasteiger partial charge is 0.357 e. The third-order valence-corrected chi connectivity index (χ3v) is 5.81. The van der Waals surface area contributed by atoms with Gasteiger partial charge in [-0.1, -0.05) is 6.07 Å². The number of hydrogen-bond donors (Lipinski definition) is 5. The fraction of sp³-hybridized carbons (Fsp3) is 0.250. The highest BCUT2D eigenvalue weighted by Gasteiger charge is 2.22. The molecule has 0 saturated heterocycles. The SMILES string of the molecule is NCCNC(N)=NCC(=O)Cc1ccc(S(=O)(=O)Nc2scnc2C(=O)O)cc1F. The van der Waals surface area contributed by atoms with Crippen LogP contribution in [0, 0.1) is 5.82 Å². The first-order valence-corrected chi connectivity index (χ1v) is 10.7. The van der Waals surface area contributed by atoms with Crippen LogP contribution in [0.4, 0.5) is 9.39 Å². The number of sulfonamides is 1. The second kappa shape index (κ2) is 10.1. The number of carbonyl (C=O) groups excluding carboxylic acids is 1. The minimum absolute atomic E-state index is 0.0216. The molecule has 7 N–H and O–H groups in total. The normalized spacial score (nSPS) is 11.9. The van der Waals surface area contributed by atoms with E-state index in [1.165, 1.54) is 0 Å². The molecule has 0 aliphatic rings. The number of nitrogens with one attached hydrogen (secondary N) is 2. The number of carboxylic acids is 1.